The summed E-state index contributed by atoms with van der Waals surface area (Å²) in [4.78, 5) is 2.57. The van der Waals surface area contributed by atoms with E-state index in [2.05, 4.69) is 0 Å². The number of benzene rings is 2. The zero-order chi connectivity index (χ0) is 18.9. The first-order chi connectivity index (χ1) is 12.2. The highest BCUT2D eigenvalue weighted by Crippen LogP contribution is 2.33. The van der Waals surface area contributed by atoms with Gasteiger partial charge in [-0.25, -0.2) is 8.51 Å². The maximum atomic E-state index is 13.0. The fraction of sp³-hybridized carbons (Fsp3) is 0.333. The average molecular weight is 383 g/mol. The first kappa shape index (κ1) is 18.7. The number of hydrogen-bond acceptors (Lipinski definition) is 3. The number of nitrogens with zero attached hydrogens (tertiary/aromatic N) is 2. The van der Waals surface area contributed by atoms with Gasteiger partial charge in [0.15, 0.2) is 0 Å². The molecule has 140 valence electrons. The van der Waals surface area contributed by atoms with Crippen molar-refractivity contribution >= 4 is 22.4 Å². The molecule has 8 heteroatoms. The van der Waals surface area contributed by atoms with Gasteiger partial charge in [0.05, 0.1) is 10.5 Å². The molecule has 0 amide bonds. The van der Waals surface area contributed by atoms with Crippen LogP contribution in [0.1, 0.15) is 11.1 Å². The molecule has 1 atom stereocenters. The lowest BCUT2D eigenvalue weighted by Gasteiger charge is -2.35. The van der Waals surface area contributed by atoms with Gasteiger partial charge in [-0.2, -0.15) is 13.2 Å². The molecule has 1 unspecified atom stereocenters. The molecule has 0 spiro atoms. The van der Waals surface area contributed by atoms with Gasteiger partial charge >= 0.3 is 6.18 Å². The summed E-state index contributed by atoms with van der Waals surface area (Å²) in [6.07, 6.45) is -4.36. The van der Waals surface area contributed by atoms with Crippen molar-refractivity contribution in [3.05, 3.63) is 53.6 Å². The van der Waals surface area contributed by atoms with Crippen LogP contribution in [0.15, 0.2) is 47.4 Å². The summed E-state index contributed by atoms with van der Waals surface area (Å²) in [6, 6.07) is 10.9. The van der Waals surface area contributed by atoms with E-state index in [1.54, 1.807) is 37.3 Å². The lowest BCUT2D eigenvalue weighted by molar-refractivity contribution is -0.137. The molecule has 0 bridgehead atoms. The van der Waals surface area contributed by atoms with Gasteiger partial charge in [0.2, 0.25) is 0 Å². The summed E-state index contributed by atoms with van der Waals surface area (Å²) in [5, 5.41) is 0. The largest absolute Gasteiger partial charge is 0.416 e. The molecule has 1 saturated heterocycles. The van der Waals surface area contributed by atoms with Gasteiger partial charge in [-0.1, -0.05) is 0 Å². The topological polar surface area (TPSA) is 49.6 Å². The fourth-order valence-electron chi connectivity index (χ4n) is 2.95. The van der Waals surface area contributed by atoms with Gasteiger partial charge < -0.3 is 10.6 Å². The van der Waals surface area contributed by atoms with Crippen LogP contribution in [0.25, 0.3) is 0 Å². The molecule has 0 saturated carbocycles. The predicted molar refractivity (Wildman–Crippen MR) is 97.2 cm³/mol. The minimum atomic E-state index is -4.36. The van der Waals surface area contributed by atoms with Crippen LogP contribution in [0.3, 0.4) is 0 Å². The van der Waals surface area contributed by atoms with Gasteiger partial charge in [-0.05, 0) is 55.0 Å². The van der Waals surface area contributed by atoms with E-state index in [4.69, 9.17) is 5.73 Å². The third kappa shape index (κ3) is 4.19. The van der Waals surface area contributed by atoms with Gasteiger partial charge in [-0.3, -0.25) is 0 Å². The quantitative estimate of drug-likeness (QED) is 0.826. The summed E-state index contributed by atoms with van der Waals surface area (Å²) in [5.74, 6) is 0. The molecule has 1 heterocycles. The molecule has 2 aromatic rings. The number of nitrogens with two attached hydrogens (primary N) is 1. The van der Waals surface area contributed by atoms with Crippen molar-refractivity contribution in [2.75, 3.05) is 36.8 Å². The Balaban J connectivity index is 1.70. The Morgan fingerprint density at radius 1 is 1.00 bits per heavy atom. The highest BCUT2D eigenvalue weighted by Gasteiger charge is 2.32. The molecular formula is C18H20F3N3OS. The number of hydrogen-bond donors (Lipinski definition) is 1. The molecule has 0 radical (unpaired) electrons. The lowest BCUT2D eigenvalue weighted by Crippen LogP contribution is -2.47. The van der Waals surface area contributed by atoms with Crippen molar-refractivity contribution in [1.29, 1.82) is 0 Å². The van der Waals surface area contributed by atoms with Crippen LogP contribution in [-0.2, 0) is 17.2 Å². The Hall–Kier alpha value is -2.06. The van der Waals surface area contributed by atoms with E-state index < -0.39 is 22.7 Å². The second-order valence-electron chi connectivity index (χ2n) is 6.29. The zero-order valence-corrected chi connectivity index (χ0v) is 15.1. The zero-order valence-electron chi connectivity index (χ0n) is 14.3. The van der Waals surface area contributed by atoms with Crippen LogP contribution in [0, 0.1) is 6.92 Å². The van der Waals surface area contributed by atoms with Crippen molar-refractivity contribution in [1.82, 2.24) is 4.31 Å². The van der Waals surface area contributed by atoms with E-state index >= 15 is 0 Å². The van der Waals surface area contributed by atoms with Gasteiger partial charge in [0.1, 0.15) is 11.0 Å². The summed E-state index contributed by atoms with van der Waals surface area (Å²) >= 11 is 0. The smallest absolute Gasteiger partial charge is 0.399 e. The molecule has 0 aromatic heterocycles. The Kier molecular flexibility index (Phi) is 5.24. The molecule has 1 fully saturated rings. The molecule has 2 aromatic carbocycles. The van der Waals surface area contributed by atoms with Gasteiger partial charge in [0, 0.05) is 37.6 Å². The van der Waals surface area contributed by atoms with Crippen LogP contribution in [0.2, 0.25) is 0 Å². The van der Waals surface area contributed by atoms with E-state index in [0.717, 1.165) is 6.07 Å². The number of anilines is 2. The van der Waals surface area contributed by atoms with Crippen molar-refractivity contribution < 1.29 is 17.4 Å². The van der Waals surface area contributed by atoms with E-state index in [9.17, 15) is 17.4 Å². The highest BCUT2D eigenvalue weighted by atomic mass is 32.2. The van der Waals surface area contributed by atoms with Crippen LogP contribution in [0.4, 0.5) is 24.5 Å². The Bertz CT molecular complexity index is 800. The number of rotatable bonds is 3. The van der Waals surface area contributed by atoms with E-state index in [1.807, 2.05) is 9.21 Å². The summed E-state index contributed by atoms with van der Waals surface area (Å²) < 4.78 is 53.5. The van der Waals surface area contributed by atoms with Crippen LogP contribution in [0.5, 0.6) is 0 Å². The standard InChI is InChI=1S/C18H20F3N3OS/c1-13-10-14(18(19,20)21)12-16(11-13)23-6-8-24(9-7-23)26(25)17-4-2-15(22)3-5-17/h2-5,10-12H,6-9,22H2,1H3. The second-order valence-corrected chi connectivity index (χ2v) is 7.78. The fourth-order valence-corrected chi connectivity index (χ4v) is 4.12. The SMILES string of the molecule is Cc1cc(N2CCN(S(=O)c3ccc(N)cc3)CC2)cc(C(F)(F)F)c1. The number of aryl methyl sites for hydroxylation is 1. The molecule has 26 heavy (non-hydrogen) atoms. The minimum Gasteiger partial charge on any atom is -0.399 e. The molecule has 1 aliphatic rings. The molecule has 4 nitrogen and oxygen atoms in total. The molecule has 0 aliphatic carbocycles. The van der Waals surface area contributed by atoms with E-state index in [0.29, 0.717) is 48.0 Å². The number of halogens is 3. The monoisotopic (exact) mass is 383 g/mol. The summed E-state index contributed by atoms with van der Waals surface area (Å²) in [7, 11) is -1.30. The van der Waals surface area contributed by atoms with Crippen molar-refractivity contribution in [2.24, 2.45) is 0 Å². The Labute approximate surface area is 153 Å². The van der Waals surface area contributed by atoms with Crippen molar-refractivity contribution in [3.8, 4) is 0 Å². The maximum absolute atomic E-state index is 13.0. The third-order valence-electron chi connectivity index (χ3n) is 4.31. The number of alkyl halides is 3. The second kappa shape index (κ2) is 7.28. The first-order valence-electron chi connectivity index (χ1n) is 8.20. The van der Waals surface area contributed by atoms with Crippen molar-refractivity contribution in [3.63, 3.8) is 0 Å². The van der Waals surface area contributed by atoms with Gasteiger partial charge in [0.25, 0.3) is 0 Å². The van der Waals surface area contributed by atoms with Crippen LogP contribution in [-0.4, -0.2) is 34.7 Å². The Morgan fingerprint density at radius 2 is 1.62 bits per heavy atom. The summed E-state index contributed by atoms with van der Waals surface area (Å²) in [6.45, 7) is 3.70. The average Bonchev–Trinajstić information content (AvgIpc) is 2.61. The Morgan fingerprint density at radius 3 is 2.19 bits per heavy atom. The predicted octanol–water partition coefficient (Wildman–Crippen LogP) is 3.44. The molecule has 1 aliphatic heterocycles. The highest BCUT2D eigenvalue weighted by molar-refractivity contribution is 7.82. The van der Waals surface area contributed by atoms with E-state index in [1.165, 1.54) is 6.07 Å². The number of piperazine rings is 1. The first-order valence-corrected chi connectivity index (χ1v) is 9.31. The van der Waals surface area contributed by atoms with Gasteiger partial charge in [-0.15, -0.1) is 0 Å². The normalized spacial score (nSPS) is 17.3. The lowest BCUT2D eigenvalue weighted by atomic mass is 10.1. The maximum Gasteiger partial charge on any atom is 0.416 e. The minimum absolute atomic E-state index is 0.506. The number of nitrogen functional groups attached to an aromatic ring is 1. The van der Waals surface area contributed by atoms with Crippen LogP contribution < -0.4 is 10.6 Å². The molecule has 2 N–H and O–H groups in total. The summed E-state index contributed by atoms with van der Waals surface area (Å²) in [5.41, 5.74) is 6.73. The molecule has 3 rings (SSSR count). The van der Waals surface area contributed by atoms with Crippen LogP contribution >= 0.6 is 0 Å². The van der Waals surface area contributed by atoms with E-state index in [-0.39, 0.29) is 0 Å². The van der Waals surface area contributed by atoms with Crippen molar-refractivity contribution in [2.45, 2.75) is 18.0 Å². The third-order valence-corrected chi connectivity index (χ3v) is 5.82. The molecular weight excluding hydrogens is 363 g/mol.